The van der Waals surface area contributed by atoms with Gasteiger partial charge >= 0.3 is 5.97 Å². The maximum Gasteiger partial charge on any atom is 0.338 e. The molecule has 2 aromatic carbocycles. The van der Waals surface area contributed by atoms with E-state index in [4.69, 9.17) is 9.73 Å². The monoisotopic (exact) mass is 530 g/mol. The number of thioether (sulfide) groups is 1. The zero-order valence-corrected chi connectivity index (χ0v) is 23.3. The highest BCUT2D eigenvalue weighted by molar-refractivity contribution is 8.16. The van der Waals surface area contributed by atoms with Crippen molar-refractivity contribution in [2.24, 2.45) is 4.99 Å². The van der Waals surface area contributed by atoms with Gasteiger partial charge in [0.15, 0.2) is 5.17 Å². The van der Waals surface area contributed by atoms with Crippen LogP contribution >= 0.6 is 11.8 Å². The number of rotatable bonds is 6. The van der Waals surface area contributed by atoms with Crippen LogP contribution in [-0.4, -0.2) is 71.6 Å². The van der Waals surface area contributed by atoms with Crippen molar-refractivity contribution in [3.05, 3.63) is 87.5 Å². The number of carbonyl (C=O) groups is 2. The summed E-state index contributed by atoms with van der Waals surface area (Å²) in [6.07, 6.45) is 0.258. The number of hydrogen-bond acceptors (Lipinski definition) is 7. The van der Waals surface area contributed by atoms with Crippen molar-refractivity contribution in [3.8, 4) is 0 Å². The van der Waals surface area contributed by atoms with E-state index in [1.165, 1.54) is 11.8 Å². The molecule has 1 atom stereocenters. The molecule has 8 heteroatoms. The molecule has 0 aliphatic carbocycles. The number of piperazine rings is 1. The minimum atomic E-state index is -0.460. The van der Waals surface area contributed by atoms with Gasteiger partial charge in [-0.05, 0) is 44.4 Å². The first-order chi connectivity index (χ1) is 18.4. The number of carbonyl (C=O) groups excluding carboxylic acids is 2. The number of nitrogens with zero attached hydrogens (tertiary/aromatic N) is 4. The summed E-state index contributed by atoms with van der Waals surface area (Å²) in [5.41, 5.74) is 6.01. The second-order valence-electron chi connectivity index (χ2n) is 9.96. The molecule has 5 rings (SSSR count). The molecule has 1 amide bonds. The van der Waals surface area contributed by atoms with Crippen LogP contribution in [0.3, 0.4) is 0 Å². The van der Waals surface area contributed by atoms with E-state index < -0.39 is 6.04 Å². The molecule has 7 nitrogen and oxygen atoms in total. The Labute approximate surface area is 228 Å². The molecule has 0 radical (unpaired) electrons. The zero-order valence-electron chi connectivity index (χ0n) is 22.4. The van der Waals surface area contributed by atoms with Gasteiger partial charge in [0.25, 0.3) is 0 Å². The molecular formula is C30H34N4O3S. The van der Waals surface area contributed by atoms with Crippen LogP contribution in [0.25, 0.3) is 5.70 Å². The number of amides is 1. The van der Waals surface area contributed by atoms with Crippen LogP contribution in [0.2, 0.25) is 0 Å². The van der Waals surface area contributed by atoms with Gasteiger partial charge in [0.2, 0.25) is 5.91 Å². The molecule has 0 spiro atoms. The smallest absolute Gasteiger partial charge is 0.338 e. The van der Waals surface area contributed by atoms with E-state index >= 15 is 0 Å². The molecule has 0 unspecified atom stereocenters. The van der Waals surface area contributed by atoms with Crippen LogP contribution < -0.4 is 0 Å². The Morgan fingerprint density at radius 1 is 1.05 bits per heavy atom. The van der Waals surface area contributed by atoms with E-state index in [1.54, 1.807) is 0 Å². The summed E-state index contributed by atoms with van der Waals surface area (Å²) in [7, 11) is 2.08. The molecule has 0 N–H and O–H groups in total. The van der Waals surface area contributed by atoms with Gasteiger partial charge < -0.3 is 19.4 Å². The van der Waals surface area contributed by atoms with Crippen molar-refractivity contribution < 1.29 is 14.3 Å². The Kier molecular flexibility index (Phi) is 7.72. The van der Waals surface area contributed by atoms with E-state index in [-0.39, 0.29) is 24.9 Å². The second-order valence-corrected chi connectivity index (χ2v) is 10.8. The number of fused-ring (bicyclic) bond motifs is 1. The van der Waals surface area contributed by atoms with Gasteiger partial charge in [-0.2, -0.15) is 0 Å². The largest absolute Gasteiger partial charge is 0.463 e. The molecule has 3 heterocycles. The summed E-state index contributed by atoms with van der Waals surface area (Å²) in [4.78, 5) is 38.3. The number of esters is 1. The molecule has 0 aromatic heterocycles. The number of likely N-dealkylation sites (N-methyl/N-ethyl adjacent to an activating group) is 1. The van der Waals surface area contributed by atoms with Crippen LogP contribution in [0.5, 0.6) is 0 Å². The van der Waals surface area contributed by atoms with Gasteiger partial charge in [0.1, 0.15) is 0 Å². The molecule has 0 bridgehead atoms. The Morgan fingerprint density at radius 2 is 1.79 bits per heavy atom. The minimum absolute atomic E-state index is 0.0986. The third kappa shape index (κ3) is 5.15. The van der Waals surface area contributed by atoms with E-state index in [0.717, 1.165) is 59.3 Å². The van der Waals surface area contributed by atoms with Crippen molar-refractivity contribution in [2.45, 2.75) is 33.2 Å². The predicted molar refractivity (Wildman–Crippen MR) is 152 cm³/mol. The van der Waals surface area contributed by atoms with Crippen LogP contribution in [0.1, 0.15) is 41.6 Å². The Bertz CT molecular complexity index is 1330. The number of aryl methyl sites for hydroxylation is 2. The lowest BCUT2D eigenvalue weighted by Crippen LogP contribution is -2.47. The first-order valence-electron chi connectivity index (χ1n) is 13.1. The van der Waals surface area contributed by atoms with Crippen LogP contribution in [0.15, 0.2) is 70.2 Å². The molecule has 2 aromatic rings. The van der Waals surface area contributed by atoms with Crippen LogP contribution in [-0.2, 0) is 14.3 Å². The summed E-state index contributed by atoms with van der Waals surface area (Å²) in [6, 6.07) is 15.6. The molecule has 1 fully saturated rings. The van der Waals surface area contributed by atoms with E-state index in [9.17, 15) is 9.59 Å². The van der Waals surface area contributed by atoms with E-state index in [2.05, 4.69) is 48.9 Å². The second kappa shape index (κ2) is 11.2. The first kappa shape index (κ1) is 26.3. The molecule has 3 aliphatic rings. The summed E-state index contributed by atoms with van der Waals surface area (Å²) in [5, 5.41) is 2.78. The molecular weight excluding hydrogens is 496 g/mol. The standard InChI is InChI=1S/C30H34N4O3S/c1-5-37-29(36)26-27(22-9-7-6-8-10-22)31-30-34(28(26)24-17-20(2)11-12-21(24)3)23(19-38-30)18-25(35)33-15-13-32(4)14-16-33/h6-12,17,19,28H,5,13-16,18H2,1-4H3/t28-/m1/s1. The van der Waals surface area contributed by atoms with Crippen molar-refractivity contribution in [3.63, 3.8) is 0 Å². The number of ether oxygens (including phenoxy) is 1. The molecule has 1 saturated heterocycles. The van der Waals surface area contributed by atoms with Crippen molar-refractivity contribution in [1.29, 1.82) is 0 Å². The van der Waals surface area contributed by atoms with Gasteiger partial charge in [0, 0.05) is 37.4 Å². The number of hydrogen-bond donors (Lipinski definition) is 0. The van der Waals surface area contributed by atoms with Crippen LogP contribution in [0.4, 0.5) is 0 Å². The van der Waals surface area contributed by atoms with E-state index in [0.29, 0.717) is 11.3 Å². The highest BCUT2D eigenvalue weighted by atomic mass is 32.2. The normalized spacial score (nSPS) is 19.7. The lowest BCUT2D eigenvalue weighted by atomic mass is 9.88. The highest BCUT2D eigenvalue weighted by Crippen LogP contribution is 2.47. The average Bonchev–Trinajstić information content (AvgIpc) is 3.32. The quantitative estimate of drug-likeness (QED) is 0.503. The number of aliphatic imine (C=N–C) groups is 1. The minimum Gasteiger partial charge on any atom is -0.463 e. The average molecular weight is 531 g/mol. The highest BCUT2D eigenvalue weighted by Gasteiger charge is 2.43. The number of benzene rings is 2. The maximum atomic E-state index is 13.7. The topological polar surface area (TPSA) is 65.5 Å². The SMILES string of the molecule is CCOC(=O)C1=C(c2ccccc2)N=C2SC=C(CC(=O)N3CCN(C)CC3)N2[C@@H]1c1cc(C)ccc1C. The molecule has 3 aliphatic heterocycles. The van der Waals surface area contributed by atoms with Crippen molar-refractivity contribution in [2.75, 3.05) is 39.8 Å². The van der Waals surface area contributed by atoms with Gasteiger partial charge in [-0.1, -0.05) is 65.9 Å². The summed E-state index contributed by atoms with van der Waals surface area (Å²) < 4.78 is 5.63. The summed E-state index contributed by atoms with van der Waals surface area (Å²) in [5.74, 6) is -0.289. The fraction of sp³-hybridized carbons (Fsp3) is 0.367. The van der Waals surface area contributed by atoms with Gasteiger partial charge in [-0.15, -0.1) is 0 Å². The number of amidine groups is 1. The Balaban J connectivity index is 1.61. The fourth-order valence-electron chi connectivity index (χ4n) is 5.16. The molecule has 0 saturated carbocycles. The maximum absolute atomic E-state index is 13.7. The third-order valence-corrected chi connectivity index (χ3v) is 8.16. The van der Waals surface area contributed by atoms with Crippen molar-refractivity contribution >= 4 is 34.5 Å². The van der Waals surface area contributed by atoms with E-state index in [1.807, 2.05) is 47.6 Å². The summed E-state index contributed by atoms with van der Waals surface area (Å²) in [6.45, 7) is 9.39. The summed E-state index contributed by atoms with van der Waals surface area (Å²) >= 11 is 1.51. The van der Waals surface area contributed by atoms with Gasteiger partial charge in [-0.3, -0.25) is 4.79 Å². The first-order valence-corrected chi connectivity index (χ1v) is 14.0. The van der Waals surface area contributed by atoms with Crippen LogP contribution in [0, 0.1) is 13.8 Å². The Hall–Kier alpha value is -3.36. The van der Waals surface area contributed by atoms with Gasteiger partial charge in [-0.25, -0.2) is 9.79 Å². The third-order valence-electron chi connectivity index (χ3n) is 7.27. The zero-order chi connectivity index (χ0) is 26.8. The van der Waals surface area contributed by atoms with Gasteiger partial charge in [0.05, 0.1) is 30.3 Å². The fourth-order valence-corrected chi connectivity index (χ4v) is 6.08. The lowest BCUT2D eigenvalue weighted by Gasteiger charge is -2.38. The molecule has 198 valence electrons. The van der Waals surface area contributed by atoms with Crippen molar-refractivity contribution in [1.82, 2.24) is 14.7 Å². The predicted octanol–water partition coefficient (Wildman–Crippen LogP) is 4.74. The Morgan fingerprint density at radius 3 is 2.50 bits per heavy atom. The molecule has 38 heavy (non-hydrogen) atoms. The lowest BCUT2D eigenvalue weighted by molar-refractivity contribution is -0.139.